The van der Waals surface area contributed by atoms with E-state index in [1.165, 1.54) is 0 Å². The van der Waals surface area contributed by atoms with Crippen LogP contribution in [-0.2, 0) is 0 Å². The van der Waals surface area contributed by atoms with Gasteiger partial charge in [-0.3, -0.25) is 0 Å². The lowest BCUT2D eigenvalue weighted by atomic mass is 10.4. The van der Waals surface area contributed by atoms with Gasteiger partial charge in [-0.1, -0.05) is 10.2 Å². The molecular formula is C16H28N52O. The van der Waals surface area contributed by atoms with E-state index in [2.05, 4.69) is 258 Å². The van der Waals surface area contributed by atoms with Crippen molar-refractivity contribution in [2.24, 2.45) is 0 Å². The molecule has 0 aliphatic carbocycles. The van der Waals surface area contributed by atoms with Crippen LogP contribution >= 0.6 is 0 Å². The van der Waals surface area contributed by atoms with Crippen LogP contribution in [0, 0.1) is 0 Å². The molecule has 20 N–H and O–H groups in total. The minimum absolute atomic E-state index is 0. The molecule has 1 aliphatic heterocycles. The van der Waals surface area contributed by atoms with Crippen LogP contribution < -0.4 is 22.1 Å². The molecule has 0 bridgehead atoms. The highest BCUT2D eigenvalue weighted by Crippen LogP contribution is 2.02. The molecule has 69 heavy (non-hydrogen) atoms. The van der Waals surface area contributed by atoms with E-state index in [4.69, 9.17) is 11.5 Å². The van der Waals surface area contributed by atoms with Gasteiger partial charge in [-0.25, -0.2) is 0 Å². The van der Waals surface area contributed by atoms with E-state index >= 15 is 0 Å². The molecule has 0 atom stereocenters. The zero-order chi connectivity index (χ0) is 47.1. The van der Waals surface area contributed by atoms with Gasteiger partial charge >= 0.3 is 0 Å². The number of piperazine rings is 1. The van der Waals surface area contributed by atoms with E-state index < -0.39 is 0 Å². The first-order valence-corrected chi connectivity index (χ1v) is 17.4. The fraction of sp³-hybridized carbons (Fsp3) is 0.250. The van der Waals surface area contributed by atoms with Gasteiger partial charge in [0.25, 0.3) is 11.9 Å². The van der Waals surface area contributed by atoms with E-state index in [0.29, 0.717) is 58.2 Å². The first kappa shape index (κ1) is 48.4. The minimum Gasteiger partial charge on any atom is -0.412 e. The average Bonchev–Trinajstić information content (AvgIpc) is 4.19. The largest absolute Gasteiger partial charge is 0.412 e. The highest BCUT2D eigenvalue weighted by Gasteiger charge is 2.09. The van der Waals surface area contributed by atoms with Gasteiger partial charge < -0.3 is 27.6 Å². The topological polar surface area (TPSA) is 761 Å². The Balaban J connectivity index is 0.000000148. The maximum Gasteiger partial charge on any atom is 0.260 e. The first-order valence-electron chi connectivity index (χ1n) is 17.4. The molecule has 12 aromatic heterocycles. The average molecular weight is 965 g/mol. The van der Waals surface area contributed by atoms with E-state index in [1.807, 2.05) is 0 Å². The van der Waals surface area contributed by atoms with Crippen LogP contribution in [0.25, 0.3) is 58.2 Å². The molecule has 13 rings (SSSR count). The van der Waals surface area contributed by atoms with Crippen molar-refractivity contribution in [1.29, 1.82) is 0 Å². The Labute approximate surface area is 371 Å². The molecule has 0 amide bonds. The van der Waals surface area contributed by atoms with Gasteiger partial charge in [-0.2, -0.15) is 62.6 Å². The lowest BCUT2D eigenvalue weighted by Gasteiger charge is -2.11. The number of hydrogen-bond donors (Lipinski definition) is 16. The fourth-order valence-electron chi connectivity index (χ4n) is 3.51. The molecule has 0 saturated carbocycles. The number of nitrogens with one attached hydrogen (secondary N) is 14. The zero-order valence-electron chi connectivity index (χ0n) is 33.6. The van der Waals surface area contributed by atoms with Gasteiger partial charge in [-0.15, -0.1) is 112 Å². The van der Waals surface area contributed by atoms with E-state index in [1.54, 1.807) is 0 Å². The van der Waals surface area contributed by atoms with Crippen molar-refractivity contribution in [3.63, 3.8) is 0 Å². The summed E-state index contributed by atoms with van der Waals surface area (Å²) in [5.74, 6) is 3.63. The normalized spacial score (nSPS) is 10.8. The van der Waals surface area contributed by atoms with Crippen molar-refractivity contribution in [2.75, 3.05) is 37.6 Å². The number of anilines is 2. The van der Waals surface area contributed by atoms with Gasteiger partial charge in [0.2, 0.25) is 58.2 Å². The molecule has 0 aromatic carbocycles. The molecule has 1 saturated heterocycles. The number of hydrogen-bond acceptors (Lipinski definition) is 40. The summed E-state index contributed by atoms with van der Waals surface area (Å²) in [6.45, 7) is 4.56. The predicted molar refractivity (Wildman–Crippen MR) is 203 cm³/mol. The number of tetrazole rings is 12. The van der Waals surface area contributed by atoms with Crippen LogP contribution in [0.2, 0.25) is 0 Å². The lowest BCUT2D eigenvalue weighted by molar-refractivity contribution is 0.534. The number of aromatic amines is 12. The third-order valence-electron chi connectivity index (χ3n) is 6.13. The van der Waals surface area contributed by atoms with Crippen LogP contribution in [0.5, 0.6) is 0 Å². The number of H-pyrrole nitrogens is 12. The Kier molecular flexibility index (Phi) is 19.7. The Bertz CT molecular complexity index is 2220. The SMILES string of the molecule is C1CNCCN1.Nc1nn[nH]n1.Nc1nn[nH]n1.O.n1nc(-c2nn[nH]n2)n[nH]1.n1nc(-c2nn[nH]n2)n[nH]1.n1nc(-c2nn[nH]n2)n[nH]1.n1nc(-c2nn[nH]n2)n[nH]1.n1nc(-c2nn[nH]n2)n[nH]1. The second-order valence-electron chi connectivity index (χ2n) is 10.4. The quantitative estimate of drug-likeness (QED) is 0.0761. The molecule has 1 aliphatic rings. The fourth-order valence-corrected chi connectivity index (χ4v) is 3.51. The molecule has 0 spiro atoms. The van der Waals surface area contributed by atoms with Crippen molar-refractivity contribution in [1.82, 2.24) is 258 Å². The molecule has 0 unspecified atom stereocenters. The Morgan fingerprint density at radius 1 is 0.217 bits per heavy atom. The Hall–Kier alpha value is -11.7. The number of nitrogens with zero attached hydrogens (tertiary/aromatic N) is 36. The van der Waals surface area contributed by atoms with Crippen molar-refractivity contribution in [3.05, 3.63) is 0 Å². The second-order valence-corrected chi connectivity index (χ2v) is 10.4. The monoisotopic (exact) mass is 964 g/mol. The van der Waals surface area contributed by atoms with E-state index in [9.17, 15) is 0 Å². The Morgan fingerprint density at radius 2 is 0.362 bits per heavy atom. The molecule has 1 fully saturated rings. The molecule has 358 valence electrons. The number of nitrogens with two attached hydrogens (primary N) is 2. The molecule has 12 aromatic rings. The van der Waals surface area contributed by atoms with Gasteiger partial charge in [0.15, 0.2) is 0 Å². The zero-order valence-corrected chi connectivity index (χ0v) is 33.6. The number of rotatable bonds is 5. The van der Waals surface area contributed by atoms with Gasteiger partial charge in [0.1, 0.15) is 0 Å². The summed E-state index contributed by atoms with van der Waals surface area (Å²) in [6.07, 6.45) is 0. The van der Waals surface area contributed by atoms with Crippen LogP contribution in [0.3, 0.4) is 0 Å². The molecular weight excluding hydrogens is 937 g/mol. The highest BCUT2D eigenvalue weighted by atomic mass is 16.0. The number of aromatic nitrogens is 48. The van der Waals surface area contributed by atoms with Crippen molar-refractivity contribution < 1.29 is 5.48 Å². The lowest BCUT2D eigenvalue weighted by Crippen LogP contribution is -2.39. The molecule has 13 heterocycles. The highest BCUT2D eigenvalue weighted by molar-refractivity contribution is 5.39. The molecule has 53 heteroatoms. The van der Waals surface area contributed by atoms with Gasteiger partial charge in [0, 0.05) is 26.2 Å². The third kappa shape index (κ3) is 17.2. The maximum atomic E-state index is 4.96. The summed E-state index contributed by atoms with van der Waals surface area (Å²) in [7, 11) is 0. The standard InChI is InChI=1S/C4H10N2.5C2H2N8.2CH3N5.H2O/c1-2-6-4-3-5-1;5*3-1(4-8-7-3)2-5-9-10-6-2;2*2-1-3-5-6-4-1;/h5-6H,1-4H2;5*(H,3,4,7,8)(H,5,6,9,10);2*(H3,2,3,4,5,6);1H2. The number of nitrogen functional groups attached to an aromatic ring is 2. The summed E-state index contributed by atoms with van der Waals surface area (Å²) in [6, 6.07) is 0. The van der Waals surface area contributed by atoms with Crippen molar-refractivity contribution in [2.45, 2.75) is 0 Å². The van der Waals surface area contributed by atoms with E-state index in [0.717, 1.165) is 26.2 Å². The summed E-state index contributed by atoms with van der Waals surface area (Å²) < 4.78 is 0. The summed E-state index contributed by atoms with van der Waals surface area (Å²) in [5, 5.41) is 159. The van der Waals surface area contributed by atoms with Gasteiger partial charge in [-0.05, 0) is 62.6 Å². The molecule has 0 radical (unpaired) electrons. The van der Waals surface area contributed by atoms with Crippen LogP contribution in [-0.4, -0.2) is 279 Å². The van der Waals surface area contributed by atoms with Gasteiger partial charge in [0.05, 0.1) is 0 Å². The Morgan fingerprint density at radius 3 is 0.435 bits per heavy atom. The van der Waals surface area contributed by atoms with E-state index in [-0.39, 0.29) is 17.4 Å². The summed E-state index contributed by atoms with van der Waals surface area (Å²) in [4.78, 5) is 0. The summed E-state index contributed by atoms with van der Waals surface area (Å²) in [5.41, 5.74) is 9.92. The van der Waals surface area contributed by atoms with Crippen molar-refractivity contribution >= 4 is 11.9 Å². The second kappa shape index (κ2) is 28.1. The third-order valence-corrected chi connectivity index (χ3v) is 6.13. The molecule has 53 nitrogen and oxygen atoms in total. The smallest absolute Gasteiger partial charge is 0.260 e. The van der Waals surface area contributed by atoms with Crippen LogP contribution in [0.1, 0.15) is 0 Å². The maximum absolute atomic E-state index is 4.96. The van der Waals surface area contributed by atoms with Crippen LogP contribution in [0.15, 0.2) is 0 Å². The predicted octanol–water partition coefficient (Wildman–Crippen LogP) is -12.2. The van der Waals surface area contributed by atoms with Crippen molar-refractivity contribution in [3.8, 4) is 58.2 Å². The summed E-state index contributed by atoms with van der Waals surface area (Å²) >= 11 is 0. The first-order chi connectivity index (χ1) is 33.6. The minimum atomic E-state index is 0. The van der Waals surface area contributed by atoms with Crippen LogP contribution in [0.4, 0.5) is 11.9 Å².